The number of nitrogens with zero attached hydrogens (tertiary/aromatic N) is 1. The molecular weight excluding hydrogens is 196 g/mol. The van der Waals surface area contributed by atoms with Gasteiger partial charge in [0.05, 0.1) is 0 Å². The van der Waals surface area contributed by atoms with Gasteiger partial charge >= 0.3 is 0 Å². The molecule has 0 amide bonds. The first-order valence-corrected chi connectivity index (χ1v) is 6.16. The van der Waals surface area contributed by atoms with E-state index in [1.54, 1.807) is 0 Å². The summed E-state index contributed by atoms with van der Waals surface area (Å²) in [6, 6.07) is 7.13. The van der Waals surface area contributed by atoms with Crippen molar-refractivity contribution in [2.24, 2.45) is 5.73 Å². The van der Waals surface area contributed by atoms with Crippen LogP contribution in [0.4, 0.5) is 5.69 Å². The van der Waals surface area contributed by atoms with Crippen LogP contribution in [-0.4, -0.2) is 12.6 Å². The first-order valence-electron chi connectivity index (χ1n) is 6.16. The summed E-state index contributed by atoms with van der Waals surface area (Å²) < 4.78 is 0. The lowest BCUT2D eigenvalue weighted by Crippen LogP contribution is -2.31. The van der Waals surface area contributed by atoms with Crippen molar-refractivity contribution in [3.63, 3.8) is 0 Å². The third-order valence-corrected chi connectivity index (χ3v) is 2.97. The Labute approximate surface area is 99.5 Å². The summed E-state index contributed by atoms with van der Waals surface area (Å²) in [5.74, 6) is 0. The van der Waals surface area contributed by atoms with Crippen molar-refractivity contribution >= 4 is 5.69 Å². The van der Waals surface area contributed by atoms with E-state index < -0.39 is 0 Å². The van der Waals surface area contributed by atoms with E-state index in [1.165, 1.54) is 23.2 Å². The molecule has 0 atom stereocenters. The Balaban J connectivity index is 2.97. The van der Waals surface area contributed by atoms with Crippen LogP contribution in [0.3, 0.4) is 0 Å². The van der Waals surface area contributed by atoms with Crippen molar-refractivity contribution in [3.8, 4) is 0 Å². The minimum absolute atomic E-state index is 0.545. The monoisotopic (exact) mass is 220 g/mol. The van der Waals surface area contributed by atoms with Crippen LogP contribution in [-0.2, 0) is 6.54 Å². The van der Waals surface area contributed by atoms with E-state index in [2.05, 4.69) is 50.8 Å². The van der Waals surface area contributed by atoms with Gasteiger partial charge in [-0.15, -0.1) is 0 Å². The quantitative estimate of drug-likeness (QED) is 0.826. The summed E-state index contributed by atoms with van der Waals surface area (Å²) in [5.41, 5.74) is 9.53. The number of hydrogen-bond donors (Lipinski definition) is 1. The second-order valence-corrected chi connectivity index (χ2v) is 4.60. The molecule has 16 heavy (non-hydrogen) atoms. The second kappa shape index (κ2) is 5.90. The highest BCUT2D eigenvalue weighted by atomic mass is 15.1. The summed E-state index contributed by atoms with van der Waals surface area (Å²) in [6.07, 6.45) is 1.18. The Morgan fingerprint density at radius 1 is 1.31 bits per heavy atom. The highest BCUT2D eigenvalue weighted by Gasteiger charge is 2.10. The van der Waals surface area contributed by atoms with Crippen molar-refractivity contribution < 1.29 is 0 Å². The fraction of sp³-hybridized carbons (Fsp3) is 0.571. The Bertz CT molecular complexity index is 332. The van der Waals surface area contributed by atoms with Gasteiger partial charge in [0.15, 0.2) is 0 Å². The van der Waals surface area contributed by atoms with Gasteiger partial charge in [0.25, 0.3) is 0 Å². The SMILES string of the molecule is CCCN(c1ccc(CN)c(C)c1)C(C)C. The number of nitrogens with two attached hydrogens (primary N) is 1. The highest BCUT2D eigenvalue weighted by Crippen LogP contribution is 2.21. The van der Waals surface area contributed by atoms with Crippen molar-refractivity contribution in [1.82, 2.24) is 0 Å². The fourth-order valence-electron chi connectivity index (χ4n) is 2.01. The van der Waals surface area contributed by atoms with Crippen molar-refractivity contribution in [2.45, 2.75) is 46.7 Å². The van der Waals surface area contributed by atoms with Crippen LogP contribution < -0.4 is 10.6 Å². The molecule has 0 aromatic heterocycles. The molecule has 0 fully saturated rings. The molecule has 1 rings (SSSR count). The van der Waals surface area contributed by atoms with Gasteiger partial charge in [0, 0.05) is 24.8 Å². The topological polar surface area (TPSA) is 29.3 Å². The minimum atomic E-state index is 0.545. The lowest BCUT2D eigenvalue weighted by atomic mass is 10.1. The number of rotatable bonds is 5. The van der Waals surface area contributed by atoms with E-state index in [1.807, 2.05) is 0 Å². The zero-order valence-electron chi connectivity index (χ0n) is 11.0. The number of hydrogen-bond acceptors (Lipinski definition) is 2. The maximum Gasteiger partial charge on any atom is 0.0371 e. The summed E-state index contributed by atoms with van der Waals surface area (Å²) in [6.45, 7) is 10.6. The van der Waals surface area contributed by atoms with E-state index in [4.69, 9.17) is 5.73 Å². The van der Waals surface area contributed by atoms with Crippen molar-refractivity contribution in [2.75, 3.05) is 11.4 Å². The van der Waals surface area contributed by atoms with Gasteiger partial charge < -0.3 is 10.6 Å². The van der Waals surface area contributed by atoms with E-state index in [9.17, 15) is 0 Å². The molecule has 0 bridgehead atoms. The van der Waals surface area contributed by atoms with Crippen LogP contribution in [0.5, 0.6) is 0 Å². The summed E-state index contributed by atoms with van der Waals surface area (Å²) in [5, 5.41) is 0. The predicted octanol–water partition coefficient (Wildman–Crippen LogP) is 3.08. The number of anilines is 1. The number of benzene rings is 1. The standard InChI is InChI=1S/C14H24N2/c1-5-8-16(11(2)3)14-7-6-13(10-15)12(4)9-14/h6-7,9,11H,5,8,10,15H2,1-4H3. The molecule has 0 unspecified atom stereocenters. The molecule has 0 aliphatic heterocycles. The van der Waals surface area contributed by atoms with Gasteiger partial charge in [0.2, 0.25) is 0 Å². The van der Waals surface area contributed by atoms with Gasteiger partial charge in [-0.2, -0.15) is 0 Å². The molecule has 0 saturated heterocycles. The summed E-state index contributed by atoms with van der Waals surface area (Å²) in [4.78, 5) is 2.44. The van der Waals surface area contributed by atoms with Crippen LogP contribution in [0.15, 0.2) is 18.2 Å². The molecule has 1 aromatic carbocycles. The molecule has 0 heterocycles. The average molecular weight is 220 g/mol. The third-order valence-electron chi connectivity index (χ3n) is 2.97. The number of aryl methyl sites for hydroxylation is 1. The van der Waals surface area contributed by atoms with Gasteiger partial charge in [-0.25, -0.2) is 0 Å². The molecular formula is C14H24N2. The fourth-order valence-corrected chi connectivity index (χ4v) is 2.01. The molecule has 0 saturated carbocycles. The normalized spacial score (nSPS) is 10.9. The zero-order chi connectivity index (χ0) is 12.1. The van der Waals surface area contributed by atoms with Gasteiger partial charge in [-0.3, -0.25) is 0 Å². The molecule has 0 spiro atoms. The van der Waals surface area contributed by atoms with Crippen molar-refractivity contribution in [1.29, 1.82) is 0 Å². The molecule has 1 aromatic rings. The highest BCUT2D eigenvalue weighted by molar-refractivity contribution is 5.51. The van der Waals surface area contributed by atoms with Crippen LogP contribution >= 0.6 is 0 Å². The van der Waals surface area contributed by atoms with Gasteiger partial charge in [-0.1, -0.05) is 13.0 Å². The van der Waals surface area contributed by atoms with Gasteiger partial charge in [0.1, 0.15) is 0 Å². The third kappa shape index (κ3) is 2.99. The molecule has 0 aliphatic carbocycles. The van der Waals surface area contributed by atoms with E-state index in [0.29, 0.717) is 12.6 Å². The van der Waals surface area contributed by atoms with Crippen LogP contribution in [0.2, 0.25) is 0 Å². The second-order valence-electron chi connectivity index (χ2n) is 4.60. The molecule has 90 valence electrons. The molecule has 2 N–H and O–H groups in total. The summed E-state index contributed by atoms with van der Waals surface area (Å²) in [7, 11) is 0. The Hall–Kier alpha value is -1.02. The summed E-state index contributed by atoms with van der Waals surface area (Å²) >= 11 is 0. The first kappa shape index (κ1) is 13.0. The zero-order valence-corrected chi connectivity index (χ0v) is 11.0. The van der Waals surface area contributed by atoms with Crippen LogP contribution in [0, 0.1) is 6.92 Å². The maximum atomic E-state index is 5.68. The lowest BCUT2D eigenvalue weighted by molar-refractivity contribution is 0.671. The van der Waals surface area contributed by atoms with E-state index in [-0.39, 0.29) is 0 Å². The molecule has 0 radical (unpaired) electrons. The molecule has 2 nitrogen and oxygen atoms in total. The molecule has 0 aliphatic rings. The lowest BCUT2D eigenvalue weighted by Gasteiger charge is -2.29. The van der Waals surface area contributed by atoms with Crippen molar-refractivity contribution in [3.05, 3.63) is 29.3 Å². The Kier molecular flexibility index (Phi) is 4.81. The Morgan fingerprint density at radius 2 is 2.00 bits per heavy atom. The van der Waals surface area contributed by atoms with E-state index in [0.717, 1.165) is 6.54 Å². The largest absolute Gasteiger partial charge is 0.369 e. The molecule has 2 heteroatoms. The van der Waals surface area contributed by atoms with Crippen LogP contribution in [0.25, 0.3) is 0 Å². The average Bonchev–Trinajstić information content (AvgIpc) is 2.25. The van der Waals surface area contributed by atoms with Crippen LogP contribution in [0.1, 0.15) is 38.3 Å². The van der Waals surface area contributed by atoms with E-state index >= 15 is 0 Å². The maximum absolute atomic E-state index is 5.68. The predicted molar refractivity (Wildman–Crippen MR) is 71.8 cm³/mol. The smallest absolute Gasteiger partial charge is 0.0371 e. The first-order chi connectivity index (χ1) is 7.60. The van der Waals surface area contributed by atoms with Gasteiger partial charge in [-0.05, 0) is 50.5 Å². The Morgan fingerprint density at radius 3 is 2.44 bits per heavy atom. The minimum Gasteiger partial charge on any atom is -0.369 e.